The van der Waals surface area contributed by atoms with Crippen LogP contribution in [0, 0.1) is 5.92 Å². The zero-order chi connectivity index (χ0) is 17.9. The van der Waals surface area contributed by atoms with Crippen molar-refractivity contribution in [1.29, 1.82) is 0 Å². The summed E-state index contributed by atoms with van der Waals surface area (Å²) >= 11 is 0. The Morgan fingerprint density at radius 1 is 1.33 bits per heavy atom. The van der Waals surface area contributed by atoms with E-state index < -0.39 is 18.2 Å². The van der Waals surface area contributed by atoms with E-state index in [4.69, 9.17) is 5.11 Å². The van der Waals surface area contributed by atoms with Gasteiger partial charge >= 0.3 is 12.3 Å². The van der Waals surface area contributed by atoms with E-state index in [9.17, 15) is 22.8 Å². The molecule has 1 aromatic rings. The van der Waals surface area contributed by atoms with Crippen LogP contribution < -0.4 is 4.74 Å². The lowest BCUT2D eigenvalue weighted by Crippen LogP contribution is -2.29. The fourth-order valence-corrected chi connectivity index (χ4v) is 2.68. The van der Waals surface area contributed by atoms with Crippen LogP contribution in [0.3, 0.4) is 0 Å². The number of hydrogen-bond acceptors (Lipinski definition) is 3. The minimum absolute atomic E-state index is 0.0338. The van der Waals surface area contributed by atoms with Crippen molar-refractivity contribution < 1.29 is 32.6 Å². The maximum absolute atomic E-state index is 12.4. The van der Waals surface area contributed by atoms with Crippen LogP contribution in [0.1, 0.15) is 30.7 Å². The monoisotopic (exact) mass is 345 g/mol. The lowest BCUT2D eigenvalue weighted by Gasteiger charge is -2.17. The molecule has 0 bridgehead atoms. The molecule has 0 spiro atoms. The van der Waals surface area contributed by atoms with Crippen LogP contribution in [0.5, 0.6) is 5.75 Å². The Kier molecular flexibility index (Phi) is 5.36. The first-order valence-corrected chi connectivity index (χ1v) is 7.50. The van der Waals surface area contributed by atoms with Gasteiger partial charge in [0.05, 0.1) is 0 Å². The normalized spacial score (nSPS) is 19.7. The molecule has 0 aromatic heterocycles. The molecular formula is C16H18F3NO4. The number of amides is 1. The van der Waals surface area contributed by atoms with E-state index in [-0.39, 0.29) is 24.0 Å². The van der Waals surface area contributed by atoms with Gasteiger partial charge in [0, 0.05) is 25.9 Å². The molecule has 1 saturated carbocycles. The number of carbonyl (C=O) groups is 2. The maximum Gasteiger partial charge on any atom is 0.573 e. The Morgan fingerprint density at radius 2 is 2.00 bits per heavy atom. The van der Waals surface area contributed by atoms with Gasteiger partial charge in [-0.05, 0) is 30.4 Å². The van der Waals surface area contributed by atoms with Crippen molar-refractivity contribution >= 4 is 11.9 Å². The lowest BCUT2D eigenvalue weighted by molar-refractivity contribution is -0.274. The number of rotatable bonds is 7. The van der Waals surface area contributed by atoms with Gasteiger partial charge in [0.15, 0.2) is 0 Å². The van der Waals surface area contributed by atoms with Crippen LogP contribution in [0.2, 0.25) is 0 Å². The summed E-state index contributed by atoms with van der Waals surface area (Å²) in [6.45, 7) is 0.301. The number of carboxylic acids is 1. The summed E-state index contributed by atoms with van der Waals surface area (Å²) in [6, 6.07) is 5.82. The quantitative estimate of drug-likeness (QED) is 0.825. The third kappa shape index (κ3) is 4.87. The molecule has 0 radical (unpaired) electrons. The molecule has 1 aromatic carbocycles. The van der Waals surface area contributed by atoms with Crippen molar-refractivity contribution in [2.45, 2.75) is 31.5 Å². The highest BCUT2D eigenvalue weighted by Crippen LogP contribution is 2.51. The second-order valence-electron chi connectivity index (χ2n) is 5.79. The second kappa shape index (κ2) is 7.11. The van der Waals surface area contributed by atoms with Crippen molar-refractivity contribution in [3.8, 4) is 5.75 Å². The van der Waals surface area contributed by atoms with Gasteiger partial charge in [-0.2, -0.15) is 0 Å². The van der Waals surface area contributed by atoms with Crippen molar-refractivity contribution in [2.24, 2.45) is 5.92 Å². The molecule has 1 aliphatic rings. The Labute approximate surface area is 137 Å². The average Bonchev–Trinajstić information content (AvgIpc) is 3.25. The van der Waals surface area contributed by atoms with Crippen LogP contribution in [0.25, 0.3) is 0 Å². The van der Waals surface area contributed by atoms with E-state index in [2.05, 4.69) is 4.74 Å². The first kappa shape index (κ1) is 18.1. The number of halogens is 3. The molecule has 0 saturated heterocycles. The highest BCUT2D eigenvalue weighted by Gasteiger charge is 2.47. The standard InChI is InChI=1S/C16H18F3NO4/c1-20(8-4-7-14(21)22)15(23)12-9-11(12)10-5-2-3-6-13(10)24-16(17,18)19/h2-3,5-6,11-12H,4,7-9H2,1H3,(H,21,22)/t11-,12-/m1/s1. The van der Waals surface area contributed by atoms with E-state index in [1.165, 1.54) is 23.1 Å². The number of hydrogen-bond donors (Lipinski definition) is 1. The number of carboxylic acid groups (broad SMARTS) is 1. The molecule has 2 rings (SSSR count). The molecule has 0 heterocycles. The Hall–Kier alpha value is -2.25. The summed E-state index contributed by atoms with van der Waals surface area (Å²) in [4.78, 5) is 24.2. The summed E-state index contributed by atoms with van der Waals surface area (Å²) in [5.74, 6) is -2.10. The largest absolute Gasteiger partial charge is 0.573 e. The Morgan fingerprint density at radius 3 is 2.62 bits per heavy atom. The SMILES string of the molecule is CN(CCCC(=O)O)C(=O)[C@@H]1C[C@@H]1c1ccccc1OC(F)(F)F. The number of benzene rings is 1. The molecule has 1 fully saturated rings. The zero-order valence-electron chi connectivity index (χ0n) is 13.0. The number of aliphatic carboxylic acids is 1. The molecule has 0 aliphatic heterocycles. The fraction of sp³-hybridized carbons (Fsp3) is 0.500. The molecule has 1 N–H and O–H groups in total. The smallest absolute Gasteiger partial charge is 0.481 e. The van der Waals surface area contributed by atoms with Crippen LogP contribution in [0.4, 0.5) is 13.2 Å². The van der Waals surface area contributed by atoms with Gasteiger partial charge < -0.3 is 14.7 Å². The van der Waals surface area contributed by atoms with Crippen molar-refractivity contribution in [3.63, 3.8) is 0 Å². The average molecular weight is 345 g/mol. The minimum atomic E-state index is -4.78. The van der Waals surface area contributed by atoms with Gasteiger partial charge in [0.25, 0.3) is 0 Å². The molecule has 1 amide bonds. The third-order valence-electron chi connectivity index (χ3n) is 3.91. The van der Waals surface area contributed by atoms with Gasteiger partial charge in [0.1, 0.15) is 5.75 Å². The summed E-state index contributed by atoms with van der Waals surface area (Å²) in [7, 11) is 1.57. The van der Waals surface area contributed by atoms with E-state index in [1.807, 2.05) is 0 Å². The molecule has 2 atom stereocenters. The molecular weight excluding hydrogens is 327 g/mol. The van der Waals surface area contributed by atoms with E-state index in [0.717, 1.165) is 0 Å². The fourth-order valence-electron chi connectivity index (χ4n) is 2.68. The molecule has 24 heavy (non-hydrogen) atoms. The summed E-state index contributed by atoms with van der Waals surface area (Å²) < 4.78 is 41.4. The second-order valence-corrected chi connectivity index (χ2v) is 5.79. The minimum Gasteiger partial charge on any atom is -0.481 e. The molecule has 132 valence electrons. The van der Waals surface area contributed by atoms with Gasteiger partial charge in [-0.15, -0.1) is 13.2 Å². The summed E-state index contributed by atoms with van der Waals surface area (Å²) in [5, 5.41) is 8.59. The highest BCUT2D eigenvalue weighted by atomic mass is 19.4. The number of alkyl halides is 3. The zero-order valence-corrected chi connectivity index (χ0v) is 13.0. The molecule has 1 aliphatic carbocycles. The predicted octanol–water partition coefficient (Wildman–Crippen LogP) is 3.01. The molecule has 8 heteroatoms. The predicted molar refractivity (Wildman–Crippen MR) is 78.5 cm³/mol. The number of ether oxygens (including phenoxy) is 1. The van der Waals surface area contributed by atoms with Crippen LogP contribution >= 0.6 is 0 Å². The maximum atomic E-state index is 12.4. The highest BCUT2D eigenvalue weighted by molar-refractivity contribution is 5.83. The van der Waals surface area contributed by atoms with E-state index in [0.29, 0.717) is 24.9 Å². The first-order valence-electron chi connectivity index (χ1n) is 7.50. The molecule has 5 nitrogen and oxygen atoms in total. The van der Waals surface area contributed by atoms with Crippen molar-refractivity contribution in [1.82, 2.24) is 4.90 Å². The first-order chi connectivity index (χ1) is 11.2. The Bertz CT molecular complexity index is 618. The van der Waals surface area contributed by atoms with E-state index in [1.54, 1.807) is 13.1 Å². The van der Waals surface area contributed by atoms with Crippen LogP contribution in [-0.4, -0.2) is 41.8 Å². The van der Waals surface area contributed by atoms with Crippen LogP contribution in [-0.2, 0) is 9.59 Å². The van der Waals surface area contributed by atoms with E-state index >= 15 is 0 Å². The number of nitrogens with zero attached hydrogens (tertiary/aromatic N) is 1. The van der Waals surface area contributed by atoms with Gasteiger partial charge in [0.2, 0.25) is 5.91 Å². The molecule has 0 unspecified atom stereocenters. The summed E-state index contributed by atoms with van der Waals surface area (Å²) in [5.41, 5.74) is 0.368. The van der Waals surface area contributed by atoms with Crippen LogP contribution in [0.15, 0.2) is 24.3 Å². The number of carbonyl (C=O) groups excluding carboxylic acids is 1. The number of para-hydroxylation sites is 1. The van der Waals surface area contributed by atoms with Gasteiger partial charge in [-0.1, -0.05) is 18.2 Å². The van der Waals surface area contributed by atoms with Crippen molar-refractivity contribution in [3.05, 3.63) is 29.8 Å². The lowest BCUT2D eigenvalue weighted by atomic mass is 10.1. The topological polar surface area (TPSA) is 66.8 Å². The Balaban J connectivity index is 1.97. The van der Waals surface area contributed by atoms with Gasteiger partial charge in [-0.25, -0.2) is 0 Å². The summed E-state index contributed by atoms with van der Waals surface area (Å²) in [6.07, 6.45) is -4.02. The third-order valence-corrected chi connectivity index (χ3v) is 3.91. The van der Waals surface area contributed by atoms with Gasteiger partial charge in [-0.3, -0.25) is 9.59 Å². The van der Waals surface area contributed by atoms with Crippen molar-refractivity contribution in [2.75, 3.05) is 13.6 Å².